The number of hydrogen-bond donors (Lipinski definition) is 1. The molecule has 0 aliphatic rings. The van der Waals surface area contributed by atoms with Crippen LogP contribution >= 0.6 is 11.6 Å². The molecule has 6 nitrogen and oxygen atoms in total. The Morgan fingerprint density at radius 2 is 1.61 bits per heavy atom. The number of carbonyl (C=O) groups is 1. The molecule has 0 radical (unpaired) electrons. The summed E-state index contributed by atoms with van der Waals surface area (Å²) in [5, 5.41) is 3.44. The van der Waals surface area contributed by atoms with E-state index in [-0.39, 0.29) is 24.0 Å². The third-order valence-corrected chi connectivity index (χ3v) is 7.30. The number of aryl methyl sites for hydroxylation is 1. The van der Waals surface area contributed by atoms with Crippen LogP contribution in [-0.4, -0.2) is 32.3 Å². The maximum Gasteiger partial charge on any atom is 0.243 e. The SMILES string of the molecule is COc1ccc(C(C)NC(=O)CN(Cc2ccc(Cl)cc2)S(=O)(=O)c2ccc(C)cc2)cc1. The molecule has 3 aromatic carbocycles. The second kappa shape index (κ2) is 10.8. The Balaban J connectivity index is 1.81. The number of sulfonamides is 1. The van der Waals surface area contributed by atoms with E-state index in [1.807, 2.05) is 38.1 Å². The molecule has 174 valence electrons. The predicted octanol–water partition coefficient (Wildman–Crippen LogP) is 4.73. The van der Waals surface area contributed by atoms with Crippen molar-refractivity contribution in [1.82, 2.24) is 9.62 Å². The highest BCUT2D eigenvalue weighted by Gasteiger charge is 2.27. The lowest BCUT2D eigenvalue weighted by molar-refractivity contribution is -0.122. The molecule has 1 unspecified atom stereocenters. The van der Waals surface area contributed by atoms with E-state index in [4.69, 9.17) is 16.3 Å². The molecule has 0 aliphatic carbocycles. The number of rotatable bonds is 9. The lowest BCUT2D eigenvalue weighted by Gasteiger charge is -2.23. The number of hydrogen-bond acceptors (Lipinski definition) is 4. The topological polar surface area (TPSA) is 75.7 Å². The Morgan fingerprint density at radius 3 is 2.18 bits per heavy atom. The second-order valence-corrected chi connectivity index (χ2v) is 10.1. The van der Waals surface area contributed by atoms with Gasteiger partial charge in [-0.3, -0.25) is 4.79 Å². The van der Waals surface area contributed by atoms with E-state index in [1.54, 1.807) is 55.6 Å². The van der Waals surface area contributed by atoms with Crippen LogP contribution in [0, 0.1) is 6.92 Å². The highest BCUT2D eigenvalue weighted by Crippen LogP contribution is 2.21. The van der Waals surface area contributed by atoms with Crippen LogP contribution < -0.4 is 10.1 Å². The van der Waals surface area contributed by atoms with Crippen molar-refractivity contribution >= 4 is 27.5 Å². The van der Waals surface area contributed by atoms with Crippen molar-refractivity contribution in [2.45, 2.75) is 31.3 Å². The molecule has 1 atom stereocenters. The monoisotopic (exact) mass is 486 g/mol. The fraction of sp³-hybridized carbons (Fsp3) is 0.240. The molecular weight excluding hydrogens is 460 g/mol. The zero-order valence-corrected chi connectivity index (χ0v) is 20.4. The molecule has 0 aliphatic heterocycles. The highest BCUT2D eigenvalue weighted by atomic mass is 35.5. The minimum Gasteiger partial charge on any atom is -0.497 e. The first-order valence-corrected chi connectivity index (χ1v) is 12.3. The summed E-state index contributed by atoms with van der Waals surface area (Å²) in [6.45, 7) is 3.45. The van der Waals surface area contributed by atoms with Gasteiger partial charge in [0.05, 0.1) is 24.6 Å². The van der Waals surface area contributed by atoms with Crippen molar-refractivity contribution in [3.8, 4) is 5.75 Å². The average Bonchev–Trinajstić information content (AvgIpc) is 2.80. The largest absolute Gasteiger partial charge is 0.497 e. The standard InChI is InChI=1S/C25H27ClN2O4S/c1-18-4-14-24(15-5-18)33(30,31)28(16-20-6-10-22(26)11-7-20)17-25(29)27-19(2)21-8-12-23(32-3)13-9-21/h4-15,19H,16-17H2,1-3H3,(H,27,29). The van der Waals surface area contributed by atoms with E-state index < -0.39 is 15.9 Å². The average molecular weight is 487 g/mol. The molecule has 0 spiro atoms. The van der Waals surface area contributed by atoms with Gasteiger partial charge < -0.3 is 10.1 Å². The summed E-state index contributed by atoms with van der Waals surface area (Å²) < 4.78 is 33.1. The van der Waals surface area contributed by atoms with Crippen molar-refractivity contribution in [1.29, 1.82) is 0 Å². The third-order valence-electron chi connectivity index (χ3n) is 5.24. The molecule has 0 aromatic heterocycles. The van der Waals surface area contributed by atoms with Gasteiger partial charge >= 0.3 is 0 Å². The Morgan fingerprint density at radius 1 is 1.00 bits per heavy atom. The number of carbonyl (C=O) groups excluding carboxylic acids is 1. The fourth-order valence-electron chi connectivity index (χ4n) is 3.30. The quantitative estimate of drug-likeness (QED) is 0.474. The van der Waals surface area contributed by atoms with Crippen LogP contribution in [-0.2, 0) is 21.4 Å². The van der Waals surface area contributed by atoms with Gasteiger partial charge in [-0.25, -0.2) is 8.42 Å². The fourth-order valence-corrected chi connectivity index (χ4v) is 4.81. The van der Waals surface area contributed by atoms with Crippen LogP contribution in [0.1, 0.15) is 29.7 Å². The van der Waals surface area contributed by atoms with Crippen LogP contribution in [0.15, 0.2) is 77.7 Å². The van der Waals surface area contributed by atoms with Gasteiger partial charge in [-0.2, -0.15) is 4.31 Å². The number of amides is 1. The first-order valence-electron chi connectivity index (χ1n) is 10.4. The lowest BCUT2D eigenvalue weighted by Crippen LogP contribution is -2.41. The van der Waals surface area contributed by atoms with Crippen molar-refractivity contribution in [3.63, 3.8) is 0 Å². The summed E-state index contributed by atoms with van der Waals surface area (Å²) in [6.07, 6.45) is 0. The maximum absolute atomic E-state index is 13.4. The summed E-state index contributed by atoms with van der Waals surface area (Å²) in [6, 6.07) is 20.5. The number of nitrogens with one attached hydrogen (secondary N) is 1. The van der Waals surface area contributed by atoms with Gasteiger partial charge in [-0.15, -0.1) is 0 Å². The van der Waals surface area contributed by atoms with Gasteiger partial charge in [0.15, 0.2) is 0 Å². The van der Waals surface area contributed by atoms with E-state index in [0.29, 0.717) is 5.02 Å². The summed E-state index contributed by atoms with van der Waals surface area (Å²) in [5.74, 6) is 0.318. The zero-order valence-electron chi connectivity index (χ0n) is 18.8. The highest BCUT2D eigenvalue weighted by molar-refractivity contribution is 7.89. The molecule has 0 heterocycles. The zero-order chi connectivity index (χ0) is 24.0. The molecule has 3 rings (SSSR count). The maximum atomic E-state index is 13.4. The molecule has 33 heavy (non-hydrogen) atoms. The molecule has 0 fully saturated rings. The van der Waals surface area contributed by atoms with E-state index in [0.717, 1.165) is 22.4 Å². The Kier molecular flexibility index (Phi) is 8.13. The van der Waals surface area contributed by atoms with Gasteiger partial charge in [-0.1, -0.05) is 53.6 Å². The van der Waals surface area contributed by atoms with Crippen LogP contribution in [0.4, 0.5) is 0 Å². The van der Waals surface area contributed by atoms with E-state index in [2.05, 4.69) is 5.32 Å². The summed E-state index contributed by atoms with van der Waals surface area (Å²) >= 11 is 5.96. The Hall–Kier alpha value is -2.87. The van der Waals surface area contributed by atoms with E-state index >= 15 is 0 Å². The van der Waals surface area contributed by atoms with Gasteiger partial charge in [0, 0.05) is 11.6 Å². The molecule has 0 saturated carbocycles. The number of ether oxygens (including phenoxy) is 1. The third kappa shape index (κ3) is 6.57. The summed E-state index contributed by atoms with van der Waals surface area (Å²) in [5.41, 5.74) is 2.56. The summed E-state index contributed by atoms with van der Waals surface area (Å²) in [7, 11) is -2.32. The normalized spacial score (nSPS) is 12.4. The molecule has 3 aromatic rings. The van der Waals surface area contributed by atoms with Crippen molar-refractivity contribution in [2.75, 3.05) is 13.7 Å². The van der Waals surface area contributed by atoms with E-state index in [1.165, 1.54) is 4.31 Å². The van der Waals surface area contributed by atoms with Crippen LogP contribution in [0.5, 0.6) is 5.75 Å². The summed E-state index contributed by atoms with van der Waals surface area (Å²) in [4.78, 5) is 13.0. The Bertz CT molecular complexity index is 1180. The van der Waals surface area contributed by atoms with Crippen LogP contribution in [0.3, 0.4) is 0 Å². The number of benzene rings is 3. The van der Waals surface area contributed by atoms with Gasteiger partial charge in [-0.05, 0) is 61.4 Å². The molecule has 1 N–H and O–H groups in total. The first kappa shape index (κ1) is 24.8. The minimum absolute atomic E-state index is 0.0394. The number of methoxy groups -OCH3 is 1. The molecule has 0 saturated heterocycles. The molecule has 8 heteroatoms. The second-order valence-electron chi connectivity index (χ2n) is 7.77. The van der Waals surface area contributed by atoms with Gasteiger partial charge in [0.2, 0.25) is 15.9 Å². The molecule has 0 bridgehead atoms. The van der Waals surface area contributed by atoms with Crippen LogP contribution in [0.2, 0.25) is 5.02 Å². The lowest BCUT2D eigenvalue weighted by atomic mass is 10.1. The van der Waals surface area contributed by atoms with Gasteiger partial charge in [0.1, 0.15) is 5.75 Å². The molecule has 1 amide bonds. The smallest absolute Gasteiger partial charge is 0.243 e. The predicted molar refractivity (Wildman–Crippen MR) is 130 cm³/mol. The van der Waals surface area contributed by atoms with Crippen molar-refractivity contribution < 1.29 is 17.9 Å². The number of halogens is 1. The van der Waals surface area contributed by atoms with Crippen molar-refractivity contribution in [3.05, 3.63) is 94.5 Å². The van der Waals surface area contributed by atoms with Gasteiger partial charge in [0.25, 0.3) is 0 Å². The van der Waals surface area contributed by atoms with Crippen LogP contribution in [0.25, 0.3) is 0 Å². The number of nitrogens with zero attached hydrogens (tertiary/aromatic N) is 1. The Labute approximate surface area is 200 Å². The molecular formula is C25H27ClN2O4S. The van der Waals surface area contributed by atoms with Crippen molar-refractivity contribution in [2.24, 2.45) is 0 Å². The minimum atomic E-state index is -3.91. The van der Waals surface area contributed by atoms with E-state index in [9.17, 15) is 13.2 Å². The first-order chi connectivity index (χ1) is 15.7.